The molecule has 20 heavy (non-hydrogen) atoms. The molecule has 0 aromatic carbocycles. The number of aryl methyl sites for hydroxylation is 1. The molecule has 108 valence electrons. The highest BCUT2D eigenvalue weighted by Crippen LogP contribution is 2.30. The number of H-pyrrole nitrogens is 1. The molecule has 1 saturated heterocycles. The van der Waals surface area contributed by atoms with Crippen LogP contribution in [0.2, 0.25) is 0 Å². The molecule has 1 aromatic rings. The molecule has 0 aliphatic carbocycles. The maximum absolute atomic E-state index is 11.9. The van der Waals surface area contributed by atoms with Gasteiger partial charge in [-0.2, -0.15) is 0 Å². The number of aromatic amines is 1. The van der Waals surface area contributed by atoms with Gasteiger partial charge in [0.2, 0.25) is 0 Å². The van der Waals surface area contributed by atoms with Crippen LogP contribution in [0.15, 0.2) is 20.9 Å². The van der Waals surface area contributed by atoms with Crippen LogP contribution in [0, 0.1) is 0 Å². The first-order valence-corrected chi connectivity index (χ1v) is 6.25. The molecule has 0 saturated carbocycles. The summed E-state index contributed by atoms with van der Waals surface area (Å²) < 4.78 is 6.71. The summed E-state index contributed by atoms with van der Waals surface area (Å²) >= 11 is 0. The van der Waals surface area contributed by atoms with Crippen molar-refractivity contribution < 1.29 is 9.84 Å². The summed E-state index contributed by atoms with van der Waals surface area (Å²) in [4.78, 5) is 28.3. The van der Waals surface area contributed by atoms with E-state index < -0.39 is 29.6 Å². The van der Waals surface area contributed by atoms with E-state index in [1.807, 2.05) is 0 Å². The molecule has 2 rings (SSSR count). The largest absolute Gasteiger partial charge is 0.394 e. The fraction of sp³-hybridized carbons (Fsp3) is 0.636. The van der Waals surface area contributed by atoms with Crippen molar-refractivity contribution in [2.24, 2.45) is 5.11 Å². The number of hydrogen-bond donors (Lipinski definition) is 2. The number of aromatic nitrogens is 2. The first-order valence-electron chi connectivity index (χ1n) is 6.25. The summed E-state index contributed by atoms with van der Waals surface area (Å²) in [5, 5.41) is 12.7. The molecule has 3 atom stereocenters. The molecule has 9 nitrogen and oxygen atoms in total. The van der Waals surface area contributed by atoms with Crippen molar-refractivity contribution in [3.05, 3.63) is 43.0 Å². The zero-order valence-electron chi connectivity index (χ0n) is 10.9. The van der Waals surface area contributed by atoms with Gasteiger partial charge in [0.25, 0.3) is 5.56 Å². The minimum absolute atomic E-state index is 0.229. The first-order chi connectivity index (χ1) is 9.60. The normalized spacial score (nSPS) is 25.4. The minimum atomic E-state index is -0.822. The van der Waals surface area contributed by atoms with Gasteiger partial charge in [-0.05, 0) is 18.4 Å². The Bertz CT molecular complexity index is 645. The highest BCUT2D eigenvalue weighted by Gasteiger charge is 2.36. The molecule has 0 amide bonds. The van der Waals surface area contributed by atoms with Crippen LogP contribution in [0.3, 0.4) is 0 Å². The summed E-state index contributed by atoms with van der Waals surface area (Å²) in [7, 11) is 0. The average molecular weight is 281 g/mol. The fourth-order valence-corrected chi connectivity index (χ4v) is 2.24. The van der Waals surface area contributed by atoms with Crippen molar-refractivity contribution in [1.82, 2.24) is 9.55 Å². The summed E-state index contributed by atoms with van der Waals surface area (Å²) in [6.07, 6.45) is 0.860. The van der Waals surface area contributed by atoms with Gasteiger partial charge in [-0.25, -0.2) is 4.79 Å². The standard InChI is InChI=1S/C11H15N5O4/c1-2-6-4-16(11(19)13-9(6)18)10-8(14-15-12)3-7(5-17)20-10/h4,7-8,10,17H,2-3,5H2,1H3,(H,13,18,19)/t7-,8+,10+/m0/s1. The van der Waals surface area contributed by atoms with Crippen LogP contribution >= 0.6 is 0 Å². The van der Waals surface area contributed by atoms with E-state index >= 15 is 0 Å². The Kier molecular flexibility index (Phi) is 4.23. The molecule has 0 unspecified atom stereocenters. The van der Waals surface area contributed by atoms with E-state index in [1.54, 1.807) is 6.92 Å². The van der Waals surface area contributed by atoms with E-state index in [-0.39, 0.29) is 6.61 Å². The second-order valence-corrected chi connectivity index (χ2v) is 4.51. The number of ether oxygens (including phenoxy) is 1. The third kappa shape index (κ3) is 2.60. The van der Waals surface area contributed by atoms with Gasteiger partial charge in [-0.15, -0.1) is 0 Å². The zero-order chi connectivity index (χ0) is 14.7. The van der Waals surface area contributed by atoms with E-state index in [9.17, 15) is 9.59 Å². The highest BCUT2D eigenvalue weighted by atomic mass is 16.5. The molecule has 1 fully saturated rings. The van der Waals surface area contributed by atoms with Gasteiger partial charge in [-0.3, -0.25) is 14.3 Å². The summed E-state index contributed by atoms with van der Waals surface area (Å²) in [5.74, 6) is 0. The lowest BCUT2D eigenvalue weighted by Crippen LogP contribution is -2.36. The van der Waals surface area contributed by atoms with Gasteiger partial charge >= 0.3 is 5.69 Å². The Morgan fingerprint density at radius 3 is 3.00 bits per heavy atom. The second kappa shape index (κ2) is 5.91. The van der Waals surface area contributed by atoms with Crippen molar-refractivity contribution in [3.8, 4) is 0 Å². The van der Waals surface area contributed by atoms with Crippen molar-refractivity contribution in [2.75, 3.05) is 6.61 Å². The minimum Gasteiger partial charge on any atom is -0.394 e. The van der Waals surface area contributed by atoms with Gasteiger partial charge in [-0.1, -0.05) is 12.0 Å². The van der Waals surface area contributed by atoms with E-state index in [0.717, 1.165) is 0 Å². The molecule has 0 bridgehead atoms. The maximum Gasteiger partial charge on any atom is 0.330 e. The monoisotopic (exact) mass is 281 g/mol. The number of aliphatic hydroxyl groups is 1. The Hall–Kier alpha value is -2.09. The van der Waals surface area contributed by atoms with Crippen LogP contribution in [-0.4, -0.2) is 33.4 Å². The number of hydrogen-bond acceptors (Lipinski definition) is 5. The quantitative estimate of drug-likeness (QED) is 0.458. The smallest absolute Gasteiger partial charge is 0.330 e. The van der Waals surface area contributed by atoms with Crippen molar-refractivity contribution >= 4 is 0 Å². The first kappa shape index (κ1) is 14.3. The maximum atomic E-state index is 11.9. The lowest BCUT2D eigenvalue weighted by Gasteiger charge is -2.18. The van der Waals surface area contributed by atoms with Crippen LogP contribution in [0.5, 0.6) is 0 Å². The van der Waals surface area contributed by atoms with Crippen LogP contribution in [0.25, 0.3) is 10.4 Å². The van der Waals surface area contributed by atoms with Gasteiger partial charge in [0.1, 0.15) is 6.23 Å². The van der Waals surface area contributed by atoms with Crippen LogP contribution in [0.1, 0.15) is 25.1 Å². The van der Waals surface area contributed by atoms with Gasteiger partial charge < -0.3 is 9.84 Å². The molecule has 1 aliphatic rings. The molecule has 0 radical (unpaired) electrons. The lowest BCUT2D eigenvalue weighted by molar-refractivity contribution is -0.0280. The van der Waals surface area contributed by atoms with Crippen molar-refractivity contribution in [1.29, 1.82) is 0 Å². The molecule has 0 spiro atoms. The molecule has 9 heteroatoms. The summed E-state index contributed by atoms with van der Waals surface area (Å²) in [6.45, 7) is 1.56. The van der Waals surface area contributed by atoms with Gasteiger partial charge in [0, 0.05) is 16.7 Å². The Balaban J connectivity index is 2.46. The SMILES string of the molecule is CCc1cn([C@@H]2O[C@H](CO)C[C@H]2N=[N+]=[N-])c(=O)[nH]c1=O. The fourth-order valence-electron chi connectivity index (χ4n) is 2.24. The van der Waals surface area contributed by atoms with Gasteiger partial charge in [0.15, 0.2) is 0 Å². The lowest BCUT2D eigenvalue weighted by atomic mass is 10.1. The molecule has 1 aliphatic heterocycles. The number of azide groups is 1. The highest BCUT2D eigenvalue weighted by molar-refractivity contribution is 5.05. The number of aliphatic hydroxyl groups excluding tert-OH is 1. The molecule has 1 aromatic heterocycles. The topological polar surface area (TPSA) is 133 Å². The van der Waals surface area contributed by atoms with Crippen LogP contribution < -0.4 is 11.2 Å². The zero-order valence-corrected chi connectivity index (χ0v) is 10.9. The van der Waals surface area contributed by atoms with Gasteiger partial charge in [0.05, 0.1) is 18.8 Å². The molecule has 2 N–H and O–H groups in total. The Morgan fingerprint density at radius 1 is 1.65 bits per heavy atom. The average Bonchev–Trinajstić information content (AvgIpc) is 2.82. The third-order valence-electron chi connectivity index (χ3n) is 3.27. The summed E-state index contributed by atoms with van der Waals surface area (Å²) in [6, 6.07) is -0.606. The Labute approximate surface area is 113 Å². The predicted octanol–water partition coefficient (Wildman–Crippen LogP) is 0.0577. The summed E-state index contributed by atoms with van der Waals surface area (Å²) in [5.41, 5.74) is 7.92. The van der Waals surface area contributed by atoms with Crippen molar-refractivity contribution in [3.63, 3.8) is 0 Å². The van der Waals surface area contributed by atoms with E-state index in [2.05, 4.69) is 15.0 Å². The molecule has 2 heterocycles. The third-order valence-corrected chi connectivity index (χ3v) is 3.27. The number of rotatable bonds is 4. The second-order valence-electron chi connectivity index (χ2n) is 4.51. The number of nitrogens with one attached hydrogen (secondary N) is 1. The molecular formula is C11H15N5O4. The Morgan fingerprint density at radius 2 is 2.40 bits per heavy atom. The van der Waals surface area contributed by atoms with E-state index in [4.69, 9.17) is 15.4 Å². The van der Waals surface area contributed by atoms with E-state index in [0.29, 0.717) is 18.4 Å². The predicted molar refractivity (Wildman–Crippen MR) is 69.2 cm³/mol. The number of nitrogens with zero attached hydrogens (tertiary/aromatic N) is 4. The van der Waals surface area contributed by atoms with Crippen LogP contribution in [-0.2, 0) is 11.2 Å². The molecular weight excluding hydrogens is 266 g/mol. The van der Waals surface area contributed by atoms with E-state index in [1.165, 1.54) is 10.8 Å². The van der Waals surface area contributed by atoms with Crippen LogP contribution in [0.4, 0.5) is 0 Å². The van der Waals surface area contributed by atoms with Crippen molar-refractivity contribution in [2.45, 2.75) is 38.1 Å².